The molecule has 0 amide bonds. The van der Waals surface area contributed by atoms with E-state index in [2.05, 4.69) is 0 Å². The number of carboxylic acid groups (broad SMARTS) is 2. The van der Waals surface area contributed by atoms with Crippen LogP contribution >= 0.6 is 0 Å². The molecule has 0 aliphatic rings. The molecule has 0 aromatic heterocycles. The van der Waals surface area contributed by atoms with Crippen molar-refractivity contribution in [3.8, 4) is 0 Å². The topological polar surface area (TPSA) is 74.6 Å². The fraction of sp³-hybridized carbons (Fsp3) is 0.600. The second-order valence-corrected chi connectivity index (χ2v) is 10.4. The average molecular weight is 230 g/mol. The van der Waals surface area contributed by atoms with Gasteiger partial charge in [0.1, 0.15) is 0 Å². The first-order valence-electron chi connectivity index (χ1n) is 4.68. The highest BCUT2D eigenvalue weighted by Crippen LogP contribution is 2.40. The molecule has 0 aromatic carbocycles. The zero-order valence-electron chi connectivity index (χ0n) is 9.79. The first kappa shape index (κ1) is 13.9. The zero-order chi connectivity index (χ0) is 12.4. The van der Waals surface area contributed by atoms with Gasteiger partial charge in [0, 0.05) is 11.3 Å². The predicted octanol–water partition coefficient (Wildman–Crippen LogP) is 2.13. The fourth-order valence-corrected chi connectivity index (χ4v) is 2.86. The van der Waals surface area contributed by atoms with Crippen molar-refractivity contribution < 1.29 is 19.8 Å². The van der Waals surface area contributed by atoms with Crippen LogP contribution in [0, 0.1) is 0 Å². The molecular weight excluding hydrogens is 212 g/mol. The second kappa shape index (κ2) is 4.18. The van der Waals surface area contributed by atoms with Gasteiger partial charge in [0.2, 0.25) is 0 Å². The first-order chi connectivity index (χ1) is 6.50. The summed E-state index contributed by atoms with van der Waals surface area (Å²) >= 11 is 0. The number of aliphatic carboxylic acids is 2. The van der Waals surface area contributed by atoms with Crippen molar-refractivity contribution in [3.05, 3.63) is 11.3 Å². The van der Waals surface area contributed by atoms with Gasteiger partial charge < -0.3 is 10.2 Å². The van der Waals surface area contributed by atoms with Gasteiger partial charge in [-0.15, -0.1) is 0 Å². The van der Waals surface area contributed by atoms with E-state index in [4.69, 9.17) is 10.2 Å². The third kappa shape index (κ3) is 3.19. The van der Waals surface area contributed by atoms with E-state index in [0.717, 1.165) is 6.08 Å². The van der Waals surface area contributed by atoms with Crippen molar-refractivity contribution in [2.75, 3.05) is 0 Å². The number of carbonyl (C=O) groups is 2. The first-order valence-corrected chi connectivity index (χ1v) is 7.68. The normalized spacial score (nSPS) is 13.8. The lowest BCUT2D eigenvalue weighted by Crippen LogP contribution is -2.43. The van der Waals surface area contributed by atoms with Gasteiger partial charge >= 0.3 is 11.9 Å². The maximum absolute atomic E-state index is 11.0. The van der Waals surface area contributed by atoms with E-state index < -0.39 is 20.0 Å². The van der Waals surface area contributed by atoms with E-state index >= 15 is 0 Å². The van der Waals surface area contributed by atoms with Crippen LogP contribution in [0.5, 0.6) is 0 Å². The molecular formula is C10H18O4Si. The van der Waals surface area contributed by atoms with Crippen LogP contribution in [0.2, 0.25) is 18.1 Å². The zero-order valence-corrected chi connectivity index (χ0v) is 10.8. The van der Waals surface area contributed by atoms with Gasteiger partial charge in [-0.05, 0) is 5.04 Å². The molecule has 0 aliphatic carbocycles. The maximum Gasteiger partial charge on any atom is 0.328 e. The third-order valence-corrected chi connectivity index (χ3v) is 8.50. The van der Waals surface area contributed by atoms with Gasteiger partial charge in [-0.25, -0.2) is 9.59 Å². The van der Waals surface area contributed by atoms with Gasteiger partial charge in [0.25, 0.3) is 0 Å². The molecule has 0 atom stereocenters. The number of hydrogen-bond donors (Lipinski definition) is 2. The summed E-state index contributed by atoms with van der Waals surface area (Å²) in [4.78, 5) is 21.6. The second-order valence-electron chi connectivity index (χ2n) is 5.08. The Bertz CT molecular complexity index is 310. The molecule has 0 aromatic rings. The summed E-state index contributed by atoms with van der Waals surface area (Å²) in [5.41, 5.74) is 0. The van der Waals surface area contributed by atoms with Crippen LogP contribution < -0.4 is 0 Å². The van der Waals surface area contributed by atoms with Crippen LogP contribution in [0.3, 0.4) is 0 Å². The molecule has 2 N–H and O–H groups in total. The van der Waals surface area contributed by atoms with E-state index in [1.807, 2.05) is 33.9 Å². The SMILES string of the molecule is CC(C)(C)[Si](C)(C)/C(=C/C(=O)O)C(=O)O. The third-order valence-electron chi connectivity index (χ3n) is 3.05. The average Bonchev–Trinajstić information content (AvgIpc) is 1.96. The molecule has 0 rings (SSSR count). The van der Waals surface area contributed by atoms with Crippen LogP contribution in [-0.4, -0.2) is 30.2 Å². The Labute approximate surface area is 90.6 Å². The molecule has 0 saturated carbocycles. The summed E-state index contributed by atoms with van der Waals surface area (Å²) in [5.74, 6) is -2.32. The quantitative estimate of drug-likeness (QED) is 0.575. The largest absolute Gasteiger partial charge is 0.478 e. The molecule has 0 bridgehead atoms. The summed E-state index contributed by atoms with van der Waals surface area (Å²) in [7, 11) is -2.28. The molecule has 5 heteroatoms. The smallest absolute Gasteiger partial charge is 0.328 e. The van der Waals surface area contributed by atoms with E-state index in [0.29, 0.717) is 0 Å². The number of hydrogen-bond acceptors (Lipinski definition) is 2. The van der Waals surface area contributed by atoms with E-state index in [1.165, 1.54) is 0 Å². The van der Waals surface area contributed by atoms with Crippen molar-refractivity contribution in [1.82, 2.24) is 0 Å². The lowest BCUT2D eigenvalue weighted by Gasteiger charge is -2.37. The summed E-state index contributed by atoms with van der Waals surface area (Å²) in [5, 5.41) is 17.5. The minimum atomic E-state index is -2.28. The van der Waals surface area contributed by atoms with Gasteiger partial charge in [-0.2, -0.15) is 0 Å². The van der Waals surface area contributed by atoms with Crippen molar-refractivity contribution in [3.63, 3.8) is 0 Å². The minimum Gasteiger partial charge on any atom is -0.478 e. The minimum absolute atomic E-state index is 0.0579. The van der Waals surface area contributed by atoms with Crippen LogP contribution in [-0.2, 0) is 9.59 Å². The Hall–Kier alpha value is -1.10. The number of carboxylic acids is 2. The molecule has 0 aliphatic heterocycles. The molecule has 4 nitrogen and oxygen atoms in total. The highest BCUT2D eigenvalue weighted by Gasteiger charge is 2.42. The van der Waals surface area contributed by atoms with Crippen LogP contribution in [0.1, 0.15) is 20.8 Å². The summed E-state index contributed by atoms with van der Waals surface area (Å²) in [6, 6.07) is 0. The molecule has 86 valence electrons. The molecule has 0 unspecified atom stereocenters. The van der Waals surface area contributed by atoms with E-state index in [-0.39, 0.29) is 10.2 Å². The Kier molecular flexibility index (Phi) is 3.87. The monoisotopic (exact) mass is 230 g/mol. The Balaban J connectivity index is 5.47. The maximum atomic E-state index is 11.0. The van der Waals surface area contributed by atoms with Crippen molar-refractivity contribution in [1.29, 1.82) is 0 Å². The molecule has 0 fully saturated rings. The van der Waals surface area contributed by atoms with Crippen molar-refractivity contribution in [2.24, 2.45) is 0 Å². The standard InChI is InChI=1S/C10H18O4Si/c1-10(2,3)15(4,5)7(9(13)14)6-8(11)12/h6H,1-5H3,(H,11,12)(H,13,14)/b7-6+. The van der Waals surface area contributed by atoms with Crippen molar-refractivity contribution in [2.45, 2.75) is 38.9 Å². The summed E-state index contributed by atoms with van der Waals surface area (Å²) in [6.07, 6.45) is 0.833. The highest BCUT2D eigenvalue weighted by molar-refractivity contribution is 6.90. The molecule has 15 heavy (non-hydrogen) atoms. The van der Waals surface area contributed by atoms with E-state index in [9.17, 15) is 9.59 Å². The summed E-state index contributed by atoms with van der Waals surface area (Å²) in [6.45, 7) is 9.57. The summed E-state index contributed by atoms with van der Waals surface area (Å²) < 4.78 is 0. The van der Waals surface area contributed by atoms with Gasteiger partial charge in [0.05, 0.1) is 8.07 Å². The molecule has 0 spiro atoms. The molecule has 0 radical (unpaired) electrons. The predicted molar refractivity (Wildman–Crippen MR) is 60.6 cm³/mol. The van der Waals surface area contributed by atoms with Crippen LogP contribution in [0.4, 0.5) is 0 Å². The van der Waals surface area contributed by atoms with Gasteiger partial charge in [-0.1, -0.05) is 33.9 Å². The van der Waals surface area contributed by atoms with Crippen LogP contribution in [0.15, 0.2) is 11.3 Å². The lowest BCUT2D eigenvalue weighted by molar-refractivity contribution is -0.134. The van der Waals surface area contributed by atoms with Crippen LogP contribution in [0.25, 0.3) is 0 Å². The number of rotatable bonds is 3. The highest BCUT2D eigenvalue weighted by atomic mass is 28.3. The Morgan fingerprint density at radius 2 is 1.53 bits per heavy atom. The lowest BCUT2D eigenvalue weighted by atomic mass is 10.2. The fourth-order valence-electron chi connectivity index (χ4n) is 1.04. The molecule has 0 saturated heterocycles. The van der Waals surface area contributed by atoms with Gasteiger partial charge in [0.15, 0.2) is 0 Å². The Morgan fingerprint density at radius 1 is 1.13 bits per heavy atom. The van der Waals surface area contributed by atoms with Crippen molar-refractivity contribution >= 4 is 20.0 Å². The Morgan fingerprint density at radius 3 is 1.73 bits per heavy atom. The molecule has 0 heterocycles. The van der Waals surface area contributed by atoms with E-state index in [1.54, 1.807) is 0 Å². The van der Waals surface area contributed by atoms with Gasteiger partial charge in [-0.3, -0.25) is 0 Å².